The summed E-state index contributed by atoms with van der Waals surface area (Å²) < 4.78 is 11.5. The van der Waals surface area contributed by atoms with Crippen LogP contribution in [0.4, 0.5) is 0 Å². The zero-order valence-electron chi connectivity index (χ0n) is 13.5. The molecule has 0 saturated carbocycles. The van der Waals surface area contributed by atoms with Gasteiger partial charge in [-0.25, -0.2) is 4.98 Å². The van der Waals surface area contributed by atoms with Crippen LogP contribution in [-0.2, 0) is 6.54 Å². The second-order valence-corrected chi connectivity index (χ2v) is 6.22. The monoisotopic (exact) mass is 345 g/mol. The van der Waals surface area contributed by atoms with E-state index in [2.05, 4.69) is 10.3 Å². The second-order valence-electron chi connectivity index (χ2n) is 5.28. The van der Waals surface area contributed by atoms with Crippen molar-refractivity contribution in [2.75, 3.05) is 6.61 Å². The van der Waals surface area contributed by atoms with Crippen molar-refractivity contribution in [3.8, 4) is 5.75 Å². The molecular formula is C17H19N3O3S. The lowest BCUT2D eigenvalue weighted by Gasteiger charge is -2.10. The molecule has 24 heavy (non-hydrogen) atoms. The minimum Gasteiger partial charge on any atom is -0.490 e. The van der Waals surface area contributed by atoms with Gasteiger partial charge in [0.05, 0.1) is 12.6 Å². The van der Waals surface area contributed by atoms with Crippen molar-refractivity contribution in [3.05, 3.63) is 46.1 Å². The third kappa shape index (κ3) is 3.27. The molecule has 0 radical (unpaired) electrons. The molecule has 126 valence electrons. The molecule has 3 rings (SSSR count). The molecule has 1 unspecified atom stereocenters. The number of carbonyl (C=O) groups is 1. The normalized spacial score (nSPS) is 12.3. The van der Waals surface area contributed by atoms with Crippen molar-refractivity contribution in [2.24, 2.45) is 5.73 Å². The number of carbonyl (C=O) groups excluding carboxylic acids is 1. The summed E-state index contributed by atoms with van der Waals surface area (Å²) in [4.78, 5) is 16.5. The average Bonchev–Trinajstić information content (AvgIpc) is 3.22. The Morgan fingerprint density at radius 3 is 3.04 bits per heavy atom. The van der Waals surface area contributed by atoms with E-state index in [0.29, 0.717) is 35.9 Å². The molecule has 0 spiro atoms. The predicted molar refractivity (Wildman–Crippen MR) is 93.3 cm³/mol. The van der Waals surface area contributed by atoms with Gasteiger partial charge in [0.2, 0.25) is 0 Å². The van der Waals surface area contributed by atoms with Gasteiger partial charge in [-0.2, -0.15) is 0 Å². The number of nitrogens with one attached hydrogen (secondary N) is 1. The summed E-state index contributed by atoms with van der Waals surface area (Å²) in [5, 5.41) is 6.27. The number of nitrogens with two attached hydrogens (primary N) is 1. The number of aromatic nitrogens is 1. The van der Waals surface area contributed by atoms with Crippen LogP contribution in [0.2, 0.25) is 0 Å². The number of para-hydroxylation sites is 1. The Kier molecular flexibility index (Phi) is 4.82. The standard InChI is InChI=1S/C17H19N3O3S/c1-3-22-13-6-4-5-11-7-14(23-16(11)13)10(2)19-17(21)12-9-24-15(8-18)20-12/h4-7,9-10H,3,8,18H2,1-2H3,(H,19,21). The molecule has 0 aliphatic rings. The van der Waals surface area contributed by atoms with Gasteiger partial charge in [0.1, 0.15) is 16.5 Å². The van der Waals surface area contributed by atoms with Crippen LogP contribution in [0.15, 0.2) is 34.1 Å². The number of furan rings is 1. The van der Waals surface area contributed by atoms with E-state index >= 15 is 0 Å². The predicted octanol–water partition coefficient (Wildman–Crippen LogP) is 3.24. The van der Waals surface area contributed by atoms with E-state index in [1.165, 1.54) is 11.3 Å². The topological polar surface area (TPSA) is 90.4 Å². The van der Waals surface area contributed by atoms with E-state index in [9.17, 15) is 4.79 Å². The number of thiazole rings is 1. The van der Waals surface area contributed by atoms with E-state index in [1.54, 1.807) is 5.38 Å². The van der Waals surface area contributed by atoms with E-state index in [-0.39, 0.29) is 11.9 Å². The Balaban J connectivity index is 1.79. The molecule has 3 N–H and O–H groups in total. The number of hydrogen-bond acceptors (Lipinski definition) is 6. The quantitative estimate of drug-likeness (QED) is 0.716. The van der Waals surface area contributed by atoms with Crippen molar-refractivity contribution in [1.82, 2.24) is 10.3 Å². The van der Waals surface area contributed by atoms with E-state index < -0.39 is 0 Å². The minimum atomic E-state index is -0.289. The van der Waals surface area contributed by atoms with Gasteiger partial charge in [0.25, 0.3) is 5.91 Å². The second kappa shape index (κ2) is 7.02. The van der Waals surface area contributed by atoms with Crippen molar-refractivity contribution in [1.29, 1.82) is 0 Å². The fourth-order valence-corrected chi connectivity index (χ4v) is 3.04. The van der Waals surface area contributed by atoms with Crippen molar-refractivity contribution >= 4 is 28.2 Å². The van der Waals surface area contributed by atoms with E-state index in [4.69, 9.17) is 14.9 Å². The van der Waals surface area contributed by atoms with Crippen LogP contribution in [0, 0.1) is 0 Å². The highest BCUT2D eigenvalue weighted by Gasteiger charge is 2.18. The Labute approximate surface area is 143 Å². The Morgan fingerprint density at radius 1 is 1.50 bits per heavy atom. The molecule has 6 nitrogen and oxygen atoms in total. The van der Waals surface area contributed by atoms with Gasteiger partial charge in [-0.1, -0.05) is 12.1 Å². The first-order valence-electron chi connectivity index (χ1n) is 7.73. The number of amides is 1. The maximum atomic E-state index is 12.3. The number of ether oxygens (including phenoxy) is 1. The molecule has 2 aromatic heterocycles. The average molecular weight is 345 g/mol. The maximum absolute atomic E-state index is 12.3. The Bertz CT molecular complexity index is 856. The number of nitrogens with zero attached hydrogens (tertiary/aromatic N) is 1. The van der Waals surface area contributed by atoms with Crippen molar-refractivity contribution in [3.63, 3.8) is 0 Å². The Morgan fingerprint density at radius 2 is 2.33 bits per heavy atom. The van der Waals surface area contributed by atoms with Gasteiger partial charge in [-0.3, -0.25) is 4.79 Å². The fraction of sp³-hybridized carbons (Fsp3) is 0.294. The highest BCUT2D eigenvalue weighted by Crippen LogP contribution is 2.31. The largest absolute Gasteiger partial charge is 0.490 e. The molecular weight excluding hydrogens is 326 g/mol. The summed E-state index contributed by atoms with van der Waals surface area (Å²) in [5.74, 6) is 1.12. The van der Waals surface area contributed by atoms with Gasteiger partial charge < -0.3 is 20.2 Å². The van der Waals surface area contributed by atoms with Gasteiger partial charge >= 0.3 is 0 Å². The fourth-order valence-electron chi connectivity index (χ4n) is 2.39. The highest BCUT2D eigenvalue weighted by molar-refractivity contribution is 7.09. The van der Waals surface area contributed by atoms with Crippen LogP contribution >= 0.6 is 11.3 Å². The molecule has 1 aromatic carbocycles. The first kappa shape index (κ1) is 16.5. The first-order chi connectivity index (χ1) is 11.6. The minimum absolute atomic E-state index is 0.246. The van der Waals surface area contributed by atoms with Crippen LogP contribution in [0.25, 0.3) is 11.0 Å². The summed E-state index contributed by atoms with van der Waals surface area (Å²) in [6.45, 7) is 4.69. The summed E-state index contributed by atoms with van der Waals surface area (Å²) in [6, 6.07) is 7.36. The number of benzene rings is 1. The molecule has 0 saturated heterocycles. The third-order valence-corrected chi connectivity index (χ3v) is 4.43. The van der Waals surface area contributed by atoms with Crippen LogP contribution < -0.4 is 15.8 Å². The smallest absolute Gasteiger partial charge is 0.271 e. The molecule has 1 amide bonds. The maximum Gasteiger partial charge on any atom is 0.271 e. The molecule has 0 fully saturated rings. The highest BCUT2D eigenvalue weighted by atomic mass is 32.1. The lowest BCUT2D eigenvalue weighted by atomic mass is 10.2. The molecule has 0 aliphatic heterocycles. The Hall–Kier alpha value is -2.38. The zero-order valence-corrected chi connectivity index (χ0v) is 14.4. The SMILES string of the molecule is CCOc1cccc2cc(C(C)NC(=O)c3csc(CN)n3)oc12. The van der Waals surface area contributed by atoms with Crippen LogP contribution in [0.5, 0.6) is 5.75 Å². The summed E-state index contributed by atoms with van der Waals surface area (Å²) >= 11 is 1.38. The van der Waals surface area contributed by atoms with Crippen LogP contribution in [0.1, 0.15) is 41.1 Å². The molecule has 3 aromatic rings. The lowest BCUT2D eigenvalue weighted by Crippen LogP contribution is -2.26. The zero-order chi connectivity index (χ0) is 17.1. The molecule has 0 aliphatic carbocycles. The van der Waals surface area contributed by atoms with Gasteiger partial charge in [-0.05, 0) is 26.0 Å². The van der Waals surface area contributed by atoms with Crippen molar-refractivity contribution in [2.45, 2.75) is 26.4 Å². The van der Waals surface area contributed by atoms with E-state index in [0.717, 1.165) is 10.4 Å². The van der Waals surface area contributed by atoms with Crippen molar-refractivity contribution < 1.29 is 13.9 Å². The van der Waals surface area contributed by atoms with Crippen LogP contribution in [-0.4, -0.2) is 17.5 Å². The molecule has 1 atom stereocenters. The van der Waals surface area contributed by atoms with Gasteiger partial charge in [0.15, 0.2) is 11.3 Å². The van der Waals surface area contributed by atoms with Gasteiger partial charge in [-0.15, -0.1) is 11.3 Å². The molecule has 0 bridgehead atoms. The number of rotatable bonds is 6. The summed E-state index contributed by atoms with van der Waals surface area (Å²) in [5.41, 5.74) is 6.59. The number of fused-ring (bicyclic) bond motifs is 1. The third-order valence-electron chi connectivity index (χ3n) is 3.56. The van der Waals surface area contributed by atoms with Crippen LogP contribution in [0.3, 0.4) is 0 Å². The van der Waals surface area contributed by atoms with Gasteiger partial charge in [0, 0.05) is 17.3 Å². The summed E-state index contributed by atoms with van der Waals surface area (Å²) in [6.07, 6.45) is 0. The lowest BCUT2D eigenvalue weighted by molar-refractivity contribution is 0.0931. The first-order valence-corrected chi connectivity index (χ1v) is 8.61. The summed E-state index contributed by atoms with van der Waals surface area (Å²) in [7, 11) is 0. The van der Waals surface area contributed by atoms with E-state index in [1.807, 2.05) is 38.1 Å². The molecule has 2 heterocycles. The molecule has 7 heteroatoms. The number of hydrogen-bond donors (Lipinski definition) is 2.